The molecule has 0 aliphatic rings. The molecule has 2 amide bonds. The van der Waals surface area contributed by atoms with Crippen LogP contribution < -0.4 is 15.4 Å². The minimum atomic E-state index is -1.05. The zero-order valence-electron chi connectivity index (χ0n) is 15.4. The SMILES string of the molecule is COc1ccc(C(=O)NCC(=O)O[C@@H](C)C(=O)Nc2ccc(C#N)cc2)cc1. The fourth-order valence-electron chi connectivity index (χ4n) is 2.16. The summed E-state index contributed by atoms with van der Waals surface area (Å²) >= 11 is 0. The van der Waals surface area contributed by atoms with E-state index in [1.54, 1.807) is 48.5 Å². The average molecular weight is 381 g/mol. The van der Waals surface area contributed by atoms with E-state index in [-0.39, 0.29) is 6.54 Å². The van der Waals surface area contributed by atoms with Gasteiger partial charge in [0.15, 0.2) is 6.10 Å². The number of nitrogens with zero attached hydrogens (tertiary/aromatic N) is 1. The second-order valence-corrected chi connectivity index (χ2v) is 5.72. The van der Waals surface area contributed by atoms with E-state index >= 15 is 0 Å². The Morgan fingerprint density at radius 2 is 1.71 bits per heavy atom. The standard InChI is InChI=1S/C20H19N3O5/c1-13(19(25)23-16-7-3-14(11-21)4-8-16)28-18(24)12-22-20(26)15-5-9-17(27-2)10-6-15/h3-10,13H,12H2,1-2H3,(H,22,26)(H,23,25)/t13-/m0/s1. The Morgan fingerprint density at radius 1 is 1.07 bits per heavy atom. The van der Waals surface area contributed by atoms with Crippen LogP contribution in [0.25, 0.3) is 0 Å². The van der Waals surface area contributed by atoms with E-state index in [4.69, 9.17) is 14.7 Å². The van der Waals surface area contributed by atoms with Gasteiger partial charge in [-0.05, 0) is 55.5 Å². The molecule has 8 nitrogen and oxygen atoms in total. The third kappa shape index (κ3) is 5.85. The molecular formula is C20H19N3O5. The predicted octanol–water partition coefficient (Wildman–Crippen LogP) is 1.87. The topological polar surface area (TPSA) is 118 Å². The van der Waals surface area contributed by atoms with Gasteiger partial charge in [0.1, 0.15) is 12.3 Å². The monoisotopic (exact) mass is 381 g/mol. The van der Waals surface area contributed by atoms with Gasteiger partial charge < -0.3 is 20.1 Å². The highest BCUT2D eigenvalue weighted by atomic mass is 16.5. The number of rotatable bonds is 7. The highest BCUT2D eigenvalue weighted by molar-refractivity contribution is 5.97. The van der Waals surface area contributed by atoms with Gasteiger partial charge in [0.25, 0.3) is 11.8 Å². The van der Waals surface area contributed by atoms with Crippen LogP contribution in [0.4, 0.5) is 5.69 Å². The normalized spacial score (nSPS) is 10.9. The molecule has 144 valence electrons. The summed E-state index contributed by atoms with van der Waals surface area (Å²) in [5.41, 5.74) is 1.30. The van der Waals surface area contributed by atoms with E-state index < -0.39 is 23.9 Å². The summed E-state index contributed by atoms with van der Waals surface area (Å²) in [7, 11) is 1.52. The van der Waals surface area contributed by atoms with Gasteiger partial charge in [0, 0.05) is 11.3 Å². The summed E-state index contributed by atoms with van der Waals surface area (Å²) in [6.45, 7) is 1.04. The van der Waals surface area contributed by atoms with Crippen molar-refractivity contribution in [1.82, 2.24) is 5.32 Å². The van der Waals surface area contributed by atoms with E-state index in [0.29, 0.717) is 22.6 Å². The lowest BCUT2D eigenvalue weighted by atomic mass is 10.2. The Morgan fingerprint density at radius 3 is 2.29 bits per heavy atom. The molecule has 0 aromatic heterocycles. The quantitative estimate of drug-likeness (QED) is 0.707. The fourth-order valence-corrected chi connectivity index (χ4v) is 2.16. The van der Waals surface area contributed by atoms with Crippen LogP contribution in [-0.2, 0) is 14.3 Å². The second-order valence-electron chi connectivity index (χ2n) is 5.72. The first kappa shape index (κ1) is 20.5. The highest BCUT2D eigenvalue weighted by Gasteiger charge is 2.18. The summed E-state index contributed by atoms with van der Waals surface area (Å²) in [5.74, 6) is -1.11. The van der Waals surface area contributed by atoms with Crippen LogP contribution in [0.1, 0.15) is 22.8 Å². The van der Waals surface area contributed by atoms with Crippen molar-refractivity contribution in [2.24, 2.45) is 0 Å². The van der Waals surface area contributed by atoms with Gasteiger partial charge in [-0.3, -0.25) is 14.4 Å². The number of carbonyl (C=O) groups excluding carboxylic acids is 3. The van der Waals surface area contributed by atoms with Crippen molar-refractivity contribution in [3.63, 3.8) is 0 Å². The van der Waals surface area contributed by atoms with Gasteiger partial charge in [0.05, 0.1) is 18.7 Å². The molecule has 0 saturated carbocycles. The van der Waals surface area contributed by atoms with Crippen LogP contribution in [0.2, 0.25) is 0 Å². The number of methoxy groups -OCH3 is 1. The number of amides is 2. The first-order valence-corrected chi connectivity index (χ1v) is 8.35. The van der Waals surface area contributed by atoms with Crippen molar-refractivity contribution in [2.75, 3.05) is 19.0 Å². The lowest BCUT2D eigenvalue weighted by molar-refractivity contribution is -0.152. The maximum absolute atomic E-state index is 12.1. The summed E-state index contributed by atoms with van der Waals surface area (Å²) in [5, 5.41) is 13.8. The van der Waals surface area contributed by atoms with Gasteiger partial charge in [-0.1, -0.05) is 0 Å². The number of esters is 1. The Bertz CT molecular complexity index is 886. The molecule has 0 heterocycles. The molecule has 1 atom stereocenters. The number of hydrogen-bond acceptors (Lipinski definition) is 6. The fraction of sp³-hybridized carbons (Fsp3) is 0.200. The largest absolute Gasteiger partial charge is 0.497 e. The van der Waals surface area contributed by atoms with Gasteiger partial charge in [-0.2, -0.15) is 5.26 Å². The van der Waals surface area contributed by atoms with Gasteiger partial charge in [0.2, 0.25) is 0 Å². The lowest BCUT2D eigenvalue weighted by Gasteiger charge is -2.14. The molecule has 0 spiro atoms. The van der Waals surface area contributed by atoms with Crippen molar-refractivity contribution in [3.05, 3.63) is 59.7 Å². The Kier molecular flexibility index (Phi) is 7.11. The number of nitriles is 1. The smallest absolute Gasteiger partial charge is 0.326 e. The first-order valence-electron chi connectivity index (χ1n) is 8.35. The van der Waals surface area contributed by atoms with Crippen LogP contribution >= 0.6 is 0 Å². The Hall–Kier alpha value is -3.86. The van der Waals surface area contributed by atoms with Crippen molar-refractivity contribution in [2.45, 2.75) is 13.0 Å². The zero-order valence-corrected chi connectivity index (χ0v) is 15.4. The summed E-state index contributed by atoms with van der Waals surface area (Å²) in [6, 6.07) is 14.6. The number of ether oxygens (including phenoxy) is 2. The number of carbonyl (C=O) groups is 3. The number of benzene rings is 2. The molecule has 2 N–H and O–H groups in total. The predicted molar refractivity (Wildman–Crippen MR) is 101 cm³/mol. The molecule has 0 aliphatic carbocycles. The minimum absolute atomic E-state index is 0.361. The highest BCUT2D eigenvalue weighted by Crippen LogP contribution is 2.11. The van der Waals surface area contributed by atoms with Crippen LogP contribution in [0.15, 0.2) is 48.5 Å². The van der Waals surface area contributed by atoms with Crippen LogP contribution in [0, 0.1) is 11.3 Å². The molecule has 0 radical (unpaired) electrons. The summed E-state index contributed by atoms with van der Waals surface area (Å²) in [6.07, 6.45) is -1.05. The maximum Gasteiger partial charge on any atom is 0.326 e. The number of hydrogen-bond donors (Lipinski definition) is 2. The van der Waals surface area contributed by atoms with Gasteiger partial charge >= 0.3 is 5.97 Å². The molecule has 0 unspecified atom stereocenters. The molecular weight excluding hydrogens is 362 g/mol. The summed E-state index contributed by atoms with van der Waals surface area (Å²) in [4.78, 5) is 35.9. The Balaban J connectivity index is 1.79. The van der Waals surface area contributed by atoms with E-state index in [2.05, 4.69) is 10.6 Å². The van der Waals surface area contributed by atoms with Crippen molar-refractivity contribution in [3.8, 4) is 11.8 Å². The van der Waals surface area contributed by atoms with Gasteiger partial charge in [-0.25, -0.2) is 0 Å². The molecule has 2 rings (SSSR count). The maximum atomic E-state index is 12.1. The molecule has 8 heteroatoms. The molecule has 2 aromatic rings. The van der Waals surface area contributed by atoms with Crippen LogP contribution in [0.5, 0.6) is 5.75 Å². The average Bonchev–Trinajstić information content (AvgIpc) is 2.72. The number of anilines is 1. The van der Waals surface area contributed by atoms with E-state index in [0.717, 1.165) is 0 Å². The Labute approximate surface area is 162 Å². The minimum Gasteiger partial charge on any atom is -0.497 e. The molecule has 0 saturated heterocycles. The lowest BCUT2D eigenvalue weighted by Crippen LogP contribution is -2.35. The van der Waals surface area contributed by atoms with Gasteiger partial charge in [-0.15, -0.1) is 0 Å². The summed E-state index contributed by atoms with van der Waals surface area (Å²) < 4.78 is 10.0. The van der Waals surface area contributed by atoms with E-state index in [1.165, 1.54) is 14.0 Å². The van der Waals surface area contributed by atoms with Crippen molar-refractivity contribution < 1.29 is 23.9 Å². The molecule has 0 fully saturated rings. The zero-order chi connectivity index (χ0) is 20.5. The third-order valence-electron chi connectivity index (χ3n) is 3.70. The van der Waals surface area contributed by atoms with Crippen molar-refractivity contribution in [1.29, 1.82) is 5.26 Å². The molecule has 0 bridgehead atoms. The molecule has 28 heavy (non-hydrogen) atoms. The number of nitrogens with one attached hydrogen (secondary N) is 2. The van der Waals surface area contributed by atoms with E-state index in [9.17, 15) is 14.4 Å². The van der Waals surface area contributed by atoms with Crippen molar-refractivity contribution >= 4 is 23.5 Å². The van der Waals surface area contributed by atoms with Crippen LogP contribution in [-0.4, -0.2) is 37.5 Å². The van der Waals surface area contributed by atoms with E-state index in [1.807, 2.05) is 6.07 Å². The van der Waals surface area contributed by atoms with Crippen LogP contribution in [0.3, 0.4) is 0 Å². The molecule has 0 aliphatic heterocycles. The third-order valence-corrected chi connectivity index (χ3v) is 3.70. The first-order chi connectivity index (χ1) is 13.4. The molecule has 2 aromatic carbocycles. The second kappa shape index (κ2) is 9.73.